The predicted octanol–water partition coefficient (Wildman–Crippen LogP) is 2.61. The lowest BCUT2D eigenvalue weighted by Crippen LogP contribution is -2.46. The van der Waals surface area contributed by atoms with Gasteiger partial charge in [0.05, 0.1) is 19.6 Å². The first-order valence-corrected chi connectivity index (χ1v) is 7.21. The van der Waals surface area contributed by atoms with Crippen LogP contribution in [-0.4, -0.2) is 46.3 Å². The lowest BCUT2D eigenvalue weighted by Gasteiger charge is -2.35. The van der Waals surface area contributed by atoms with Gasteiger partial charge in [-0.15, -0.1) is 0 Å². The fourth-order valence-corrected chi connectivity index (χ4v) is 2.11. The van der Waals surface area contributed by atoms with Crippen LogP contribution in [0, 0.1) is 0 Å². The van der Waals surface area contributed by atoms with Crippen molar-refractivity contribution in [2.45, 2.75) is 33.7 Å². The van der Waals surface area contributed by atoms with Gasteiger partial charge in [-0.2, -0.15) is 0 Å². The maximum Gasteiger partial charge on any atom is 0.314 e. The van der Waals surface area contributed by atoms with Crippen LogP contribution in [0.4, 0.5) is 0 Å². The highest BCUT2D eigenvalue weighted by Gasteiger charge is 2.20. The van der Waals surface area contributed by atoms with Crippen LogP contribution in [0.15, 0.2) is 30.3 Å². The van der Waals surface area contributed by atoms with Gasteiger partial charge in [-0.1, -0.05) is 30.3 Å². The number of quaternary nitrogens is 1. The van der Waals surface area contributed by atoms with Crippen LogP contribution in [-0.2, 0) is 16.1 Å². The number of hydrogen-bond acceptors (Lipinski definition) is 2. The van der Waals surface area contributed by atoms with E-state index in [9.17, 15) is 9.59 Å². The molecule has 0 saturated heterocycles. The number of benzene rings is 1. The second-order valence-corrected chi connectivity index (χ2v) is 4.90. The third kappa shape index (κ3) is 8.09. The number of carboxylic acid groups (broad SMARTS) is 2. The first kappa shape index (κ1) is 19.1. The summed E-state index contributed by atoms with van der Waals surface area (Å²) in [6, 6.07) is 10.8. The maximum absolute atomic E-state index is 9.43. The quantitative estimate of drug-likeness (QED) is 0.599. The van der Waals surface area contributed by atoms with Crippen LogP contribution < -0.4 is 0 Å². The molecular formula is C16H26NO4+. The van der Waals surface area contributed by atoms with E-state index in [1.54, 1.807) is 0 Å². The molecule has 0 unspecified atom stereocenters. The van der Waals surface area contributed by atoms with Crippen molar-refractivity contribution in [1.29, 1.82) is 0 Å². The van der Waals surface area contributed by atoms with Crippen molar-refractivity contribution in [1.82, 2.24) is 0 Å². The first-order valence-electron chi connectivity index (χ1n) is 7.21. The molecule has 0 aromatic heterocycles. The SMILES string of the molecule is CC[N+](CC)(CC)Cc1ccccc1.O=C(O)CC(=O)O. The van der Waals surface area contributed by atoms with Crippen molar-refractivity contribution in [2.75, 3.05) is 19.6 Å². The molecule has 0 aliphatic carbocycles. The van der Waals surface area contributed by atoms with Crippen molar-refractivity contribution in [2.24, 2.45) is 0 Å². The normalized spacial score (nSPS) is 10.4. The summed E-state index contributed by atoms with van der Waals surface area (Å²) in [6.07, 6.45) is -0.806. The summed E-state index contributed by atoms with van der Waals surface area (Å²) in [5.41, 5.74) is 1.46. The Labute approximate surface area is 126 Å². The van der Waals surface area contributed by atoms with Crippen LogP contribution in [0.3, 0.4) is 0 Å². The summed E-state index contributed by atoms with van der Waals surface area (Å²) in [5, 5.41) is 15.4. The highest BCUT2D eigenvalue weighted by atomic mass is 16.4. The molecule has 0 bridgehead atoms. The molecule has 1 aromatic rings. The number of aliphatic carboxylic acids is 2. The van der Waals surface area contributed by atoms with Gasteiger partial charge in [0.15, 0.2) is 0 Å². The molecule has 5 nitrogen and oxygen atoms in total. The molecule has 0 heterocycles. The zero-order valence-electron chi connectivity index (χ0n) is 13.1. The molecule has 2 N–H and O–H groups in total. The Morgan fingerprint density at radius 2 is 1.33 bits per heavy atom. The van der Waals surface area contributed by atoms with Crippen LogP contribution in [0.5, 0.6) is 0 Å². The van der Waals surface area contributed by atoms with Crippen LogP contribution >= 0.6 is 0 Å². The van der Waals surface area contributed by atoms with Crippen molar-refractivity contribution in [3.05, 3.63) is 35.9 Å². The number of carboxylic acids is 2. The molecule has 0 fully saturated rings. The molecule has 0 spiro atoms. The topological polar surface area (TPSA) is 74.6 Å². The van der Waals surface area contributed by atoms with Gasteiger partial charge in [0.2, 0.25) is 0 Å². The van der Waals surface area contributed by atoms with Gasteiger partial charge in [-0.25, -0.2) is 0 Å². The molecule has 0 radical (unpaired) electrons. The molecule has 0 aliphatic rings. The third-order valence-electron chi connectivity index (χ3n) is 3.68. The monoisotopic (exact) mass is 296 g/mol. The Kier molecular flexibility index (Phi) is 9.05. The molecule has 21 heavy (non-hydrogen) atoms. The zero-order valence-corrected chi connectivity index (χ0v) is 13.1. The highest BCUT2D eigenvalue weighted by molar-refractivity contribution is 5.88. The van der Waals surface area contributed by atoms with Crippen LogP contribution in [0.2, 0.25) is 0 Å². The van der Waals surface area contributed by atoms with E-state index in [4.69, 9.17) is 10.2 Å². The number of carbonyl (C=O) groups is 2. The molecule has 0 saturated carbocycles. The lowest BCUT2D eigenvalue weighted by molar-refractivity contribution is -0.936. The van der Waals surface area contributed by atoms with Gasteiger partial charge >= 0.3 is 11.9 Å². The van der Waals surface area contributed by atoms with E-state index >= 15 is 0 Å². The highest BCUT2D eigenvalue weighted by Crippen LogP contribution is 2.13. The van der Waals surface area contributed by atoms with Crippen molar-refractivity contribution >= 4 is 11.9 Å². The number of rotatable bonds is 7. The lowest BCUT2D eigenvalue weighted by atomic mass is 10.2. The van der Waals surface area contributed by atoms with Crippen molar-refractivity contribution < 1.29 is 24.3 Å². The third-order valence-corrected chi connectivity index (χ3v) is 3.68. The molecule has 5 heteroatoms. The average molecular weight is 296 g/mol. The fraction of sp³-hybridized carbons (Fsp3) is 0.500. The smallest absolute Gasteiger partial charge is 0.314 e. The van der Waals surface area contributed by atoms with Gasteiger partial charge < -0.3 is 14.7 Å². The fourth-order valence-electron chi connectivity index (χ4n) is 2.11. The van der Waals surface area contributed by atoms with Gasteiger partial charge in [0.1, 0.15) is 13.0 Å². The minimum atomic E-state index is -1.31. The van der Waals surface area contributed by atoms with E-state index in [2.05, 4.69) is 51.1 Å². The summed E-state index contributed by atoms with van der Waals surface area (Å²) in [5.74, 6) is -2.62. The summed E-state index contributed by atoms with van der Waals surface area (Å²) in [4.78, 5) is 18.9. The Balaban J connectivity index is 0.000000486. The van der Waals surface area contributed by atoms with E-state index in [1.807, 2.05) is 0 Å². The summed E-state index contributed by atoms with van der Waals surface area (Å²) >= 11 is 0. The van der Waals surface area contributed by atoms with Gasteiger partial charge in [-0.3, -0.25) is 9.59 Å². The molecule has 0 atom stereocenters. The average Bonchev–Trinajstić information content (AvgIpc) is 2.45. The standard InChI is InChI=1S/C13H22N.C3H4O4/c1-4-14(5-2,6-3)12-13-10-8-7-9-11-13;4-2(5)1-3(6)7/h7-11H,4-6,12H2,1-3H3;1H2,(H,4,5)(H,6,7)/q+1;. The number of hydrogen-bond donors (Lipinski definition) is 2. The van der Waals surface area contributed by atoms with Crippen LogP contribution in [0.1, 0.15) is 32.8 Å². The zero-order chi connectivity index (χ0) is 16.3. The second kappa shape index (κ2) is 9.94. The molecule has 118 valence electrons. The van der Waals surface area contributed by atoms with Crippen LogP contribution in [0.25, 0.3) is 0 Å². The molecule has 1 rings (SSSR count). The maximum atomic E-state index is 9.43. The van der Waals surface area contributed by atoms with Gasteiger partial charge in [0, 0.05) is 5.56 Å². The predicted molar refractivity (Wildman–Crippen MR) is 81.9 cm³/mol. The second-order valence-electron chi connectivity index (χ2n) is 4.90. The van der Waals surface area contributed by atoms with E-state index in [0.717, 1.165) is 0 Å². The van der Waals surface area contributed by atoms with Crippen molar-refractivity contribution in [3.8, 4) is 0 Å². The summed E-state index contributed by atoms with van der Waals surface area (Å²) in [6.45, 7) is 11.7. The first-order chi connectivity index (χ1) is 9.89. The number of nitrogens with zero attached hydrogens (tertiary/aromatic N) is 1. The van der Waals surface area contributed by atoms with E-state index in [-0.39, 0.29) is 0 Å². The minimum Gasteiger partial charge on any atom is -0.481 e. The summed E-state index contributed by atoms with van der Waals surface area (Å²) < 4.78 is 1.20. The molecule has 1 aromatic carbocycles. The van der Waals surface area contributed by atoms with Gasteiger partial charge in [0.25, 0.3) is 0 Å². The molecule has 0 amide bonds. The van der Waals surface area contributed by atoms with Crippen molar-refractivity contribution in [3.63, 3.8) is 0 Å². The van der Waals surface area contributed by atoms with E-state index < -0.39 is 18.4 Å². The van der Waals surface area contributed by atoms with E-state index in [1.165, 1.54) is 36.2 Å². The Bertz CT molecular complexity index is 407. The molecular weight excluding hydrogens is 270 g/mol. The Hall–Kier alpha value is -1.88. The molecule has 0 aliphatic heterocycles. The largest absolute Gasteiger partial charge is 0.481 e. The van der Waals surface area contributed by atoms with E-state index in [0.29, 0.717) is 0 Å². The minimum absolute atomic E-state index is 0.806. The summed E-state index contributed by atoms with van der Waals surface area (Å²) in [7, 11) is 0. The Morgan fingerprint density at radius 1 is 0.905 bits per heavy atom. The van der Waals surface area contributed by atoms with Gasteiger partial charge in [-0.05, 0) is 20.8 Å². The Morgan fingerprint density at radius 3 is 1.62 bits per heavy atom.